The smallest absolute Gasteiger partial charge is 0.253 e. The van der Waals surface area contributed by atoms with Crippen molar-refractivity contribution in [3.05, 3.63) is 23.5 Å². The molecule has 0 spiro atoms. The van der Waals surface area contributed by atoms with Crippen molar-refractivity contribution in [2.24, 2.45) is 0 Å². The van der Waals surface area contributed by atoms with Crippen molar-refractivity contribution in [3.63, 3.8) is 0 Å². The van der Waals surface area contributed by atoms with E-state index in [4.69, 9.17) is 0 Å². The minimum atomic E-state index is -0.892. The van der Waals surface area contributed by atoms with Crippen LogP contribution in [0.3, 0.4) is 0 Å². The van der Waals surface area contributed by atoms with Crippen molar-refractivity contribution in [1.29, 1.82) is 0 Å². The Labute approximate surface area is 94.4 Å². The number of aryl methyl sites for hydroxylation is 1. The molecule has 1 aromatic rings. The number of H-pyrrole nitrogens is 1. The van der Waals surface area contributed by atoms with Crippen LogP contribution in [-0.4, -0.2) is 23.1 Å². The molecule has 1 aliphatic rings. The molecule has 16 heavy (non-hydrogen) atoms. The first-order chi connectivity index (χ1) is 7.68. The first-order valence-electron chi connectivity index (χ1n) is 5.77. The van der Waals surface area contributed by atoms with Gasteiger partial charge in [0.15, 0.2) is 0 Å². The maximum atomic E-state index is 13.5. The topological polar surface area (TPSA) is 44.9 Å². The van der Waals surface area contributed by atoms with E-state index in [2.05, 4.69) is 10.3 Å². The minimum Gasteiger partial charge on any atom is -0.367 e. The fraction of sp³-hybridized carbons (Fsp3) is 0.583. The number of nitrogens with one attached hydrogen (secondary N) is 2. The molecular formula is C12H17FN2O. The molecule has 0 radical (unpaired) electrons. The lowest BCUT2D eigenvalue weighted by Crippen LogP contribution is -2.43. The Bertz CT molecular complexity index is 375. The van der Waals surface area contributed by atoms with Crippen LogP contribution in [0.1, 0.15) is 41.6 Å². The molecule has 0 saturated heterocycles. The third-order valence-electron chi connectivity index (χ3n) is 3.20. The summed E-state index contributed by atoms with van der Waals surface area (Å²) in [6.45, 7) is 1.86. The second-order valence-corrected chi connectivity index (χ2v) is 4.43. The third-order valence-corrected chi connectivity index (χ3v) is 3.20. The molecule has 1 amide bonds. The fourth-order valence-corrected chi connectivity index (χ4v) is 2.18. The molecule has 88 valence electrons. The highest BCUT2D eigenvalue weighted by Gasteiger charge is 2.26. The highest BCUT2D eigenvalue weighted by molar-refractivity contribution is 5.95. The van der Waals surface area contributed by atoms with Gasteiger partial charge < -0.3 is 10.3 Å². The zero-order chi connectivity index (χ0) is 11.5. The molecule has 0 bridgehead atoms. The lowest BCUT2D eigenvalue weighted by molar-refractivity contribution is 0.0883. The Balaban J connectivity index is 1.99. The first kappa shape index (κ1) is 11.2. The van der Waals surface area contributed by atoms with Gasteiger partial charge in [-0.25, -0.2) is 4.39 Å². The van der Waals surface area contributed by atoms with Gasteiger partial charge in [0.2, 0.25) is 0 Å². The maximum absolute atomic E-state index is 13.5. The number of halogens is 1. The van der Waals surface area contributed by atoms with Gasteiger partial charge in [-0.2, -0.15) is 0 Å². The van der Waals surface area contributed by atoms with Crippen molar-refractivity contribution in [1.82, 2.24) is 10.3 Å². The molecule has 2 N–H and O–H groups in total. The van der Waals surface area contributed by atoms with Crippen LogP contribution in [0, 0.1) is 6.92 Å². The van der Waals surface area contributed by atoms with Crippen LogP contribution >= 0.6 is 0 Å². The third kappa shape index (κ3) is 2.26. The molecule has 1 saturated carbocycles. The van der Waals surface area contributed by atoms with E-state index in [1.54, 1.807) is 12.4 Å². The molecular weight excluding hydrogens is 207 g/mol. The molecule has 1 heterocycles. The zero-order valence-corrected chi connectivity index (χ0v) is 9.42. The molecule has 2 atom stereocenters. The average Bonchev–Trinajstić information content (AvgIpc) is 2.68. The highest BCUT2D eigenvalue weighted by atomic mass is 19.1. The Morgan fingerprint density at radius 3 is 2.81 bits per heavy atom. The van der Waals surface area contributed by atoms with E-state index in [0.717, 1.165) is 24.8 Å². The van der Waals surface area contributed by atoms with Crippen molar-refractivity contribution in [2.45, 2.75) is 44.8 Å². The van der Waals surface area contributed by atoms with Gasteiger partial charge >= 0.3 is 0 Å². The number of hydrogen-bond donors (Lipinski definition) is 2. The van der Waals surface area contributed by atoms with Gasteiger partial charge in [0.25, 0.3) is 5.91 Å². The van der Waals surface area contributed by atoms with Crippen molar-refractivity contribution >= 4 is 5.91 Å². The van der Waals surface area contributed by atoms with Crippen LogP contribution in [0.15, 0.2) is 12.4 Å². The number of rotatable bonds is 2. The maximum Gasteiger partial charge on any atom is 0.253 e. The van der Waals surface area contributed by atoms with E-state index < -0.39 is 6.17 Å². The van der Waals surface area contributed by atoms with E-state index >= 15 is 0 Å². The van der Waals surface area contributed by atoms with E-state index in [-0.39, 0.29) is 11.9 Å². The van der Waals surface area contributed by atoms with E-state index in [1.165, 1.54) is 0 Å². The quantitative estimate of drug-likeness (QED) is 0.795. The summed E-state index contributed by atoms with van der Waals surface area (Å²) < 4.78 is 13.5. The summed E-state index contributed by atoms with van der Waals surface area (Å²) in [7, 11) is 0. The highest BCUT2D eigenvalue weighted by Crippen LogP contribution is 2.21. The van der Waals surface area contributed by atoms with Gasteiger partial charge in [-0.05, 0) is 25.3 Å². The number of carbonyl (C=O) groups is 1. The lowest BCUT2D eigenvalue weighted by Gasteiger charge is -2.26. The SMILES string of the molecule is Cc1c[nH]cc1C(=O)N[C@@H]1CCCC[C@H]1F. The van der Waals surface area contributed by atoms with E-state index in [0.29, 0.717) is 12.0 Å². The fourth-order valence-electron chi connectivity index (χ4n) is 2.18. The molecule has 4 heteroatoms. The zero-order valence-electron chi connectivity index (χ0n) is 9.42. The summed E-state index contributed by atoms with van der Waals surface area (Å²) in [6, 6.07) is -0.310. The van der Waals surface area contributed by atoms with Crippen LogP contribution in [0.2, 0.25) is 0 Å². The van der Waals surface area contributed by atoms with Gasteiger partial charge in [0.1, 0.15) is 6.17 Å². The van der Waals surface area contributed by atoms with Crippen LogP contribution < -0.4 is 5.32 Å². The number of aromatic nitrogens is 1. The molecule has 1 aromatic heterocycles. The average molecular weight is 224 g/mol. The molecule has 0 aromatic carbocycles. The summed E-state index contributed by atoms with van der Waals surface area (Å²) in [4.78, 5) is 14.7. The molecule has 0 aliphatic heterocycles. The molecule has 1 fully saturated rings. The summed E-state index contributed by atoms with van der Waals surface area (Å²) >= 11 is 0. The minimum absolute atomic E-state index is 0.173. The number of amides is 1. The predicted molar refractivity (Wildman–Crippen MR) is 60.1 cm³/mol. The second-order valence-electron chi connectivity index (χ2n) is 4.43. The lowest BCUT2D eigenvalue weighted by atomic mass is 9.93. The van der Waals surface area contributed by atoms with Crippen molar-refractivity contribution < 1.29 is 9.18 Å². The van der Waals surface area contributed by atoms with Gasteiger partial charge in [0, 0.05) is 12.4 Å². The monoisotopic (exact) mass is 224 g/mol. The van der Waals surface area contributed by atoms with E-state index in [1.807, 2.05) is 6.92 Å². The van der Waals surface area contributed by atoms with Crippen LogP contribution in [0.4, 0.5) is 4.39 Å². The van der Waals surface area contributed by atoms with Gasteiger partial charge in [-0.1, -0.05) is 12.8 Å². The van der Waals surface area contributed by atoms with Gasteiger partial charge in [-0.3, -0.25) is 4.79 Å². The van der Waals surface area contributed by atoms with Crippen molar-refractivity contribution in [2.75, 3.05) is 0 Å². The predicted octanol–water partition coefficient (Wildman–Crippen LogP) is 2.33. The van der Waals surface area contributed by atoms with Crippen LogP contribution in [0.25, 0.3) is 0 Å². The number of hydrogen-bond acceptors (Lipinski definition) is 1. The van der Waals surface area contributed by atoms with E-state index in [9.17, 15) is 9.18 Å². The summed E-state index contributed by atoms with van der Waals surface area (Å²) in [5.74, 6) is -0.173. The Morgan fingerprint density at radius 1 is 1.44 bits per heavy atom. The summed E-state index contributed by atoms with van der Waals surface area (Å²) in [5, 5.41) is 2.78. The molecule has 3 nitrogen and oxygen atoms in total. The normalized spacial score (nSPS) is 25.4. The van der Waals surface area contributed by atoms with Gasteiger partial charge in [-0.15, -0.1) is 0 Å². The summed E-state index contributed by atoms with van der Waals surface area (Å²) in [6.07, 6.45) is 5.77. The number of alkyl halides is 1. The van der Waals surface area contributed by atoms with Gasteiger partial charge in [0.05, 0.1) is 11.6 Å². The second kappa shape index (κ2) is 4.68. The van der Waals surface area contributed by atoms with Crippen molar-refractivity contribution in [3.8, 4) is 0 Å². The molecule has 1 aliphatic carbocycles. The Morgan fingerprint density at radius 2 is 2.19 bits per heavy atom. The van der Waals surface area contributed by atoms with Crippen LogP contribution in [-0.2, 0) is 0 Å². The Kier molecular flexibility index (Phi) is 3.27. The first-order valence-corrected chi connectivity index (χ1v) is 5.77. The standard InChI is InChI=1S/C12H17FN2O/c1-8-6-14-7-9(8)12(16)15-11-5-3-2-4-10(11)13/h6-7,10-11,14H,2-5H2,1H3,(H,15,16)/t10-,11-/m1/s1. The summed E-state index contributed by atoms with van der Waals surface area (Å²) in [5.41, 5.74) is 1.50. The molecule has 0 unspecified atom stereocenters. The molecule has 2 rings (SSSR count). The van der Waals surface area contributed by atoms with Crippen LogP contribution in [0.5, 0.6) is 0 Å². The number of carbonyl (C=O) groups excluding carboxylic acids is 1. The largest absolute Gasteiger partial charge is 0.367 e. The Hall–Kier alpha value is -1.32. The number of aromatic amines is 1.